The lowest BCUT2D eigenvalue weighted by molar-refractivity contribution is 0.677. The molecule has 0 aromatic heterocycles. The number of rotatable bonds is 7. The van der Waals surface area contributed by atoms with Crippen molar-refractivity contribution < 1.29 is 4.21 Å². The molecular weight excluding hydrogens is 238 g/mol. The van der Waals surface area contributed by atoms with E-state index in [0.29, 0.717) is 12.3 Å². The maximum atomic E-state index is 11.7. The first kappa shape index (κ1) is 13.2. The third kappa shape index (κ3) is 5.91. The molecule has 0 amide bonds. The summed E-state index contributed by atoms with van der Waals surface area (Å²) in [6.45, 7) is 0.700. The zero-order valence-electron chi connectivity index (χ0n) is 9.09. The van der Waals surface area contributed by atoms with E-state index >= 15 is 0 Å². The highest BCUT2D eigenvalue weighted by Gasteiger charge is 2.00. The Balaban J connectivity index is 2.19. The number of aliphatic imine (C=N–C) groups is 1. The fourth-order valence-electron chi connectivity index (χ4n) is 1.33. The maximum absolute atomic E-state index is 11.7. The summed E-state index contributed by atoms with van der Waals surface area (Å²) in [5, 5.41) is 2.33. The van der Waals surface area contributed by atoms with Crippen LogP contribution in [0.4, 0.5) is 0 Å². The Morgan fingerprint density at radius 2 is 2.00 bits per heavy atom. The van der Waals surface area contributed by atoms with E-state index < -0.39 is 10.8 Å². The Labute approximate surface area is 104 Å². The third-order valence-corrected chi connectivity index (χ3v) is 3.66. The second-order valence-electron chi connectivity index (χ2n) is 3.45. The Kier molecular flexibility index (Phi) is 6.90. The van der Waals surface area contributed by atoms with Gasteiger partial charge in [0.15, 0.2) is 0 Å². The van der Waals surface area contributed by atoms with Crippen molar-refractivity contribution >= 4 is 28.2 Å². The number of isothiocyanates is 1. The quantitative estimate of drug-likeness (QED) is 0.425. The van der Waals surface area contributed by atoms with Gasteiger partial charge in [-0.2, -0.15) is 0 Å². The van der Waals surface area contributed by atoms with E-state index in [2.05, 4.69) is 22.4 Å². The first-order valence-corrected chi connectivity index (χ1v) is 7.15. The Bertz CT molecular complexity index is 372. The number of hydrogen-bond acceptors (Lipinski definition) is 3. The molecule has 0 spiro atoms. The molecule has 0 saturated carbocycles. The molecule has 0 fully saturated rings. The fourth-order valence-corrected chi connectivity index (χ4v) is 2.66. The maximum Gasteiger partial charge on any atom is 0.0584 e. The lowest BCUT2D eigenvalue weighted by atomic mass is 10.2. The van der Waals surface area contributed by atoms with Crippen molar-refractivity contribution in [3.05, 3.63) is 35.9 Å². The van der Waals surface area contributed by atoms with Gasteiger partial charge in [0.1, 0.15) is 0 Å². The summed E-state index contributed by atoms with van der Waals surface area (Å²) in [6, 6.07) is 9.93. The number of benzene rings is 1. The van der Waals surface area contributed by atoms with Gasteiger partial charge in [-0.1, -0.05) is 30.3 Å². The van der Waals surface area contributed by atoms with Crippen LogP contribution in [0.2, 0.25) is 0 Å². The van der Waals surface area contributed by atoms with Crippen LogP contribution >= 0.6 is 12.2 Å². The van der Waals surface area contributed by atoms with Crippen LogP contribution < -0.4 is 0 Å². The van der Waals surface area contributed by atoms with Crippen molar-refractivity contribution in [3.8, 4) is 0 Å². The smallest absolute Gasteiger partial charge is 0.0584 e. The number of unbranched alkanes of at least 4 members (excludes halogenated alkanes) is 1. The van der Waals surface area contributed by atoms with Crippen molar-refractivity contribution in [2.45, 2.75) is 18.6 Å². The molecule has 0 aliphatic carbocycles. The summed E-state index contributed by atoms with van der Waals surface area (Å²) in [5.74, 6) is 1.39. The lowest BCUT2D eigenvalue weighted by Gasteiger charge is -2.01. The highest BCUT2D eigenvalue weighted by Crippen LogP contribution is 2.04. The molecule has 2 nitrogen and oxygen atoms in total. The van der Waals surface area contributed by atoms with Gasteiger partial charge in [-0.3, -0.25) is 4.21 Å². The minimum Gasteiger partial charge on any atom is -0.259 e. The van der Waals surface area contributed by atoms with Gasteiger partial charge in [0.2, 0.25) is 0 Å². The van der Waals surface area contributed by atoms with Crippen LogP contribution in [0.5, 0.6) is 0 Å². The van der Waals surface area contributed by atoms with Crippen molar-refractivity contribution in [1.82, 2.24) is 0 Å². The topological polar surface area (TPSA) is 29.4 Å². The van der Waals surface area contributed by atoms with E-state index in [4.69, 9.17) is 0 Å². The van der Waals surface area contributed by atoms with E-state index in [1.807, 2.05) is 30.3 Å². The van der Waals surface area contributed by atoms with Gasteiger partial charge in [0.25, 0.3) is 0 Å². The van der Waals surface area contributed by atoms with Crippen molar-refractivity contribution in [3.63, 3.8) is 0 Å². The van der Waals surface area contributed by atoms with E-state index in [9.17, 15) is 4.21 Å². The minimum absolute atomic E-state index is 0.650. The van der Waals surface area contributed by atoms with Crippen LogP contribution in [0, 0.1) is 0 Å². The summed E-state index contributed by atoms with van der Waals surface area (Å²) in [5.41, 5.74) is 1.14. The largest absolute Gasteiger partial charge is 0.259 e. The molecule has 0 heterocycles. The van der Waals surface area contributed by atoms with E-state index in [-0.39, 0.29) is 0 Å². The van der Waals surface area contributed by atoms with Gasteiger partial charge < -0.3 is 0 Å². The average molecular weight is 253 g/mol. The van der Waals surface area contributed by atoms with Gasteiger partial charge in [-0.05, 0) is 30.6 Å². The summed E-state index contributed by atoms with van der Waals surface area (Å²) in [4.78, 5) is 3.82. The van der Waals surface area contributed by atoms with Crippen molar-refractivity contribution in [2.75, 3.05) is 12.3 Å². The van der Waals surface area contributed by atoms with Gasteiger partial charge in [0, 0.05) is 28.9 Å². The third-order valence-electron chi connectivity index (χ3n) is 2.13. The normalized spacial score (nSPS) is 11.8. The summed E-state index contributed by atoms with van der Waals surface area (Å²) in [6.07, 6.45) is 1.87. The second-order valence-corrected chi connectivity index (χ2v) is 5.21. The van der Waals surface area contributed by atoms with Crippen LogP contribution in [-0.4, -0.2) is 21.7 Å². The Morgan fingerprint density at radius 1 is 1.25 bits per heavy atom. The van der Waals surface area contributed by atoms with Crippen molar-refractivity contribution in [2.24, 2.45) is 4.99 Å². The Morgan fingerprint density at radius 3 is 2.69 bits per heavy atom. The van der Waals surface area contributed by atoms with Gasteiger partial charge in [-0.25, -0.2) is 4.99 Å². The van der Waals surface area contributed by atoms with E-state index in [0.717, 1.165) is 24.2 Å². The summed E-state index contributed by atoms with van der Waals surface area (Å²) in [7, 11) is -0.765. The zero-order chi connectivity index (χ0) is 11.6. The van der Waals surface area contributed by atoms with Crippen LogP contribution in [0.3, 0.4) is 0 Å². The molecule has 1 aromatic carbocycles. The van der Waals surface area contributed by atoms with Gasteiger partial charge >= 0.3 is 0 Å². The average Bonchev–Trinajstić information content (AvgIpc) is 2.30. The molecule has 4 heteroatoms. The van der Waals surface area contributed by atoms with Crippen LogP contribution in [-0.2, 0) is 16.6 Å². The van der Waals surface area contributed by atoms with Crippen LogP contribution in [0.25, 0.3) is 0 Å². The molecule has 1 atom stereocenters. The van der Waals surface area contributed by atoms with Gasteiger partial charge in [-0.15, -0.1) is 0 Å². The van der Waals surface area contributed by atoms with E-state index in [1.165, 1.54) is 0 Å². The predicted octanol–water partition coefficient (Wildman–Crippen LogP) is 2.82. The molecule has 16 heavy (non-hydrogen) atoms. The van der Waals surface area contributed by atoms with E-state index in [1.54, 1.807) is 0 Å². The lowest BCUT2D eigenvalue weighted by Crippen LogP contribution is -2.01. The number of hydrogen-bond donors (Lipinski definition) is 0. The standard InChI is InChI=1S/C12H15NOS2/c14-16(9-5-4-8-13-11-15)10-12-6-2-1-3-7-12/h1-3,6-7H,4-5,8-10H2/t16-/m1/s1. The molecule has 1 aromatic rings. The fraction of sp³-hybridized carbons (Fsp3) is 0.417. The Hall–Kier alpha value is -0.830. The molecule has 86 valence electrons. The van der Waals surface area contributed by atoms with Crippen LogP contribution in [0.1, 0.15) is 18.4 Å². The monoisotopic (exact) mass is 253 g/mol. The predicted molar refractivity (Wildman–Crippen MR) is 72.3 cm³/mol. The SMILES string of the molecule is O=[S@](CCCCN=C=S)Cc1ccccc1. The number of thiocarbonyl (C=S) groups is 1. The molecular formula is C12H15NOS2. The molecule has 0 unspecified atom stereocenters. The molecule has 0 saturated heterocycles. The highest BCUT2D eigenvalue weighted by molar-refractivity contribution is 7.84. The minimum atomic E-state index is -0.765. The first-order valence-electron chi connectivity index (χ1n) is 5.25. The molecule has 0 aliphatic heterocycles. The van der Waals surface area contributed by atoms with Crippen LogP contribution in [0.15, 0.2) is 35.3 Å². The number of nitrogens with zero attached hydrogens (tertiary/aromatic N) is 1. The summed E-state index contributed by atoms with van der Waals surface area (Å²) < 4.78 is 11.7. The molecule has 0 radical (unpaired) electrons. The van der Waals surface area contributed by atoms with Crippen molar-refractivity contribution in [1.29, 1.82) is 0 Å². The second kappa shape index (κ2) is 8.34. The molecule has 0 aliphatic rings. The highest BCUT2D eigenvalue weighted by atomic mass is 32.2. The molecule has 0 N–H and O–H groups in total. The first-order chi connectivity index (χ1) is 7.83. The zero-order valence-corrected chi connectivity index (χ0v) is 10.7. The summed E-state index contributed by atoms with van der Waals surface area (Å²) >= 11 is 4.46. The molecule has 0 bridgehead atoms. The molecule has 1 rings (SSSR count). The van der Waals surface area contributed by atoms with Gasteiger partial charge in [0.05, 0.1) is 5.16 Å².